The highest BCUT2D eigenvalue weighted by atomic mass is 19.1. The highest BCUT2D eigenvalue weighted by Gasteiger charge is 2.22. The lowest BCUT2D eigenvalue weighted by Crippen LogP contribution is -2.39. The molecule has 0 aliphatic carbocycles. The molecule has 0 fully saturated rings. The molecule has 33 heavy (non-hydrogen) atoms. The molecule has 0 amide bonds. The van der Waals surface area contributed by atoms with Crippen molar-refractivity contribution in [3.05, 3.63) is 92.4 Å². The molecule has 0 saturated heterocycles. The number of fused-ring (bicyclic) bond motifs is 1. The highest BCUT2D eigenvalue weighted by molar-refractivity contribution is 5.80. The SMILES string of the molecule is C/C=C/c1ccccc1-c1nc2c(c(=O)n(CCCO)c(=O)n2C)n1Cc1ccc(F)cc1. The van der Waals surface area contributed by atoms with E-state index in [1.54, 1.807) is 23.7 Å². The number of imidazole rings is 1. The van der Waals surface area contributed by atoms with Crippen molar-refractivity contribution in [2.75, 3.05) is 6.61 Å². The summed E-state index contributed by atoms with van der Waals surface area (Å²) in [5.41, 5.74) is 2.12. The zero-order valence-corrected chi connectivity index (χ0v) is 18.5. The average Bonchev–Trinajstić information content (AvgIpc) is 3.19. The first kappa shape index (κ1) is 22.4. The Morgan fingerprint density at radius 1 is 1.06 bits per heavy atom. The Balaban J connectivity index is 2.06. The van der Waals surface area contributed by atoms with E-state index in [9.17, 15) is 19.1 Å². The number of aliphatic hydroxyl groups is 1. The Labute approximate surface area is 189 Å². The second kappa shape index (κ2) is 9.38. The molecule has 0 saturated carbocycles. The van der Waals surface area contributed by atoms with Gasteiger partial charge in [-0.3, -0.25) is 13.9 Å². The maximum Gasteiger partial charge on any atom is 0.332 e. The van der Waals surface area contributed by atoms with Gasteiger partial charge in [0.15, 0.2) is 11.2 Å². The van der Waals surface area contributed by atoms with Crippen LogP contribution in [0.15, 0.2) is 64.2 Å². The van der Waals surface area contributed by atoms with E-state index < -0.39 is 11.2 Å². The van der Waals surface area contributed by atoms with E-state index in [0.717, 1.165) is 21.3 Å². The minimum Gasteiger partial charge on any atom is -0.396 e. The molecule has 0 aliphatic heterocycles. The summed E-state index contributed by atoms with van der Waals surface area (Å²) < 4.78 is 17.8. The second-order valence-electron chi connectivity index (χ2n) is 7.78. The number of aryl methyl sites for hydroxylation is 1. The average molecular weight is 448 g/mol. The molecular weight excluding hydrogens is 423 g/mol. The van der Waals surface area contributed by atoms with Crippen LogP contribution in [0.5, 0.6) is 0 Å². The van der Waals surface area contributed by atoms with Gasteiger partial charge >= 0.3 is 5.69 Å². The quantitative estimate of drug-likeness (QED) is 0.471. The van der Waals surface area contributed by atoms with Crippen LogP contribution in [0, 0.1) is 5.82 Å². The van der Waals surface area contributed by atoms with E-state index in [4.69, 9.17) is 4.98 Å². The fourth-order valence-corrected chi connectivity index (χ4v) is 3.96. The number of aromatic nitrogens is 4. The van der Waals surface area contributed by atoms with Gasteiger partial charge in [0.25, 0.3) is 5.56 Å². The summed E-state index contributed by atoms with van der Waals surface area (Å²) in [5, 5.41) is 9.22. The Kier molecular flexibility index (Phi) is 6.37. The monoisotopic (exact) mass is 448 g/mol. The van der Waals surface area contributed by atoms with Gasteiger partial charge in [-0.25, -0.2) is 14.2 Å². The van der Waals surface area contributed by atoms with Gasteiger partial charge in [-0.15, -0.1) is 0 Å². The molecule has 0 spiro atoms. The maximum atomic E-state index is 13.5. The van der Waals surface area contributed by atoms with Gasteiger partial charge < -0.3 is 9.67 Å². The molecule has 2 aromatic heterocycles. The summed E-state index contributed by atoms with van der Waals surface area (Å²) in [5.74, 6) is 0.191. The molecule has 170 valence electrons. The number of allylic oxidation sites excluding steroid dienone is 1. The third kappa shape index (κ3) is 4.17. The van der Waals surface area contributed by atoms with Crippen molar-refractivity contribution >= 4 is 17.2 Å². The maximum absolute atomic E-state index is 13.5. The third-order valence-electron chi connectivity index (χ3n) is 5.57. The molecular formula is C25H25FN4O3. The smallest absolute Gasteiger partial charge is 0.332 e. The third-order valence-corrected chi connectivity index (χ3v) is 5.57. The summed E-state index contributed by atoms with van der Waals surface area (Å²) in [4.78, 5) is 31.1. The van der Waals surface area contributed by atoms with Gasteiger partial charge in [0.05, 0.1) is 0 Å². The van der Waals surface area contributed by atoms with Gasteiger partial charge in [-0.1, -0.05) is 48.6 Å². The van der Waals surface area contributed by atoms with Gasteiger partial charge in [-0.05, 0) is 36.6 Å². The normalized spacial score (nSPS) is 11.6. The fourth-order valence-electron chi connectivity index (χ4n) is 3.96. The lowest BCUT2D eigenvalue weighted by atomic mass is 10.1. The van der Waals surface area contributed by atoms with Crippen LogP contribution in [0.2, 0.25) is 0 Å². The topological polar surface area (TPSA) is 82.1 Å². The van der Waals surface area contributed by atoms with Crippen LogP contribution in [-0.4, -0.2) is 30.4 Å². The first-order valence-corrected chi connectivity index (χ1v) is 10.7. The number of aliphatic hydroxyl groups excluding tert-OH is 1. The molecule has 2 aromatic carbocycles. The fraction of sp³-hybridized carbons (Fsp3) is 0.240. The van der Waals surface area contributed by atoms with Crippen molar-refractivity contribution in [1.29, 1.82) is 0 Å². The van der Waals surface area contributed by atoms with Gasteiger partial charge in [-0.2, -0.15) is 0 Å². The van der Waals surface area contributed by atoms with Crippen molar-refractivity contribution in [3.63, 3.8) is 0 Å². The Hall–Kier alpha value is -3.78. The summed E-state index contributed by atoms with van der Waals surface area (Å²) >= 11 is 0. The van der Waals surface area contributed by atoms with Crippen molar-refractivity contribution in [1.82, 2.24) is 18.7 Å². The molecule has 2 heterocycles. The van der Waals surface area contributed by atoms with Crippen LogP contribution < -0.4 is 11.2 Å². The molecule has 8 heteroatoms. The van der Waals surface area contributed by atoms with E-state index in [2.05, 4.69) is 0 Å². The van der Waals surface area contributed by atoms with Gasteiger partial charge in [0.2, 0.25) is 0 Å². The number of hydrogen-bond donors (Lipinski definition) is 1. The summed E-state index contributed by atoms with van der Waals surface area (Å²) in [6, 6.07) is 13.7. The predicted molar refractivity (Wildman–Crippen MR) is 127 cm³/mol. The lowest BCUT2D eigenvalue weighted by Gasteiger charge is -2.12. The first-order valence-electron chi connectivity index (χ1n) is 10.7. The minimum atomic E-state index is -0.485. The first-order chi connectivity index (χ1) is 16.0. The zero-order valence-electron chi connectivity index (χ0n) is 18.5. The molecule has 7 nitrogen and oxygen atoms in total. The van der Waals surface area contributed by atoms with Gasteiger partial charge in [0, 0.05) is 32.3 Å². The highest BCUT2D eigenvalue weighted by Crippen LogP contribution is 2.27. The van der Waals surface area contributed by atoms with Crippen molar-refractivity contribution < 1.29 is 9.50 Å². The molecule has 4 rings (SSSR count). The van der Waals surface area contributed by atoms with Crippen LogP contribution in [-0.2, 0) is 20.1 Å². The molecule has 0 unspecified atom stereocenters. The van der Waals surface area contributed by atoms with E-state index in [-0.39, 0.29) is 43.1 Å². The summed E-state index contributed by atoms with van der Waals surface area (Å²) in [6.45, 7) is 2.15. The molecule has 0 atom stereocenters. The largest absolute Gasteiger partial charge is 0.396 e. The lowest BCUT2D eigenvalue weighted by molar-refractivity contribution is 0.277. The molecule has 0 aliphatic rings. The van der Waals surface area contributed by atoms with Crippen molar-refractivity contribution in [2.24, 2.45) is 7.05 Å². The number of halogens is 1. The number of nitrogens with zero attached hydrogens (tertiary/aromatic N) is 4. The van der Waals surface area contributed by atoms with E-state index in [0.29, 0.717) is 5.82 Å². The Bertz CT molecular complexity index is 1450. The number of hydrogen-bond acceptors (Lipinski definition) is 4. The van der Waals surface area contributed by atoms with Gasteiger partial charge in [0.1, 0.15) is 11.6 Å². The van der Waals surface area contributed by atoms with E-state index in [1.807, 2.05) is 43.3 Å². The number of rotatable bonds is 7. The van der Waals surface area contributed by atoms with Crippen LogP contribution >= 0.6 is 0 Å². The van der Waals surface area contributed by atoms with Crippen LogP contribution in [0.3, 0.4) is 0 Å². The van der Waals surface area contributed by atoms with Crippen molar-refractivity contribution in [2.45, 2.75) is 26.4 Å². The Morgan fingerprint density at radius 3 is 2.48 bits per heavy atom. The van der Waals surface area contributed by atoms with E-state index >= 15 is 0 Å². The number of benzene rings is 2. The summed E-state index contributed by atoms with van der Waals surface area (Å²) in [7, 11) is 1.58. The second-order valence-corrected chi connectivity index (χ2v) is 7.78. The molecule has 0 bridgehead atoms. The Morgan fingerprint density at radius 2 is 1.79 bits per heavy atom. The molecule has 4 aromatic rings. The van der Waals surface area contributed by atoms with Crippen LogP contribution in [0.25, 0.3) is 28.6 Å². The zero-order chi connectivity index (χ0) is 23.5. The van der Waals surface area contributed by atoms with Crippen molar-refractivity contribution in [3.8, 4) is 11.4 Å². The van der Waals surface area contributed by atoms with Crippen LogP contribution in [0.4, 0.5) is 4.39 Å². The molecule has 0 radical (unpaired) electrons. The standard InChI is InChI=1S/C25H25FN4O3/c1-3-7-18-8-4-5-9-20(18)22-27-23-21(30(22)16-17-10-12-19(26)13-11-17)24(32)29(14-6-15-31)25(33)28(23)2/h3-5,7-13,31H,6,14-16H2,1-2H3/b7-3+. The van der Waals surface area contributed by atoms with Crippen LogP contribution in [0.1, 0.15) is 24.5 Å². The summed E-state index contributed by atoms with van der Waals surface area (Å²) in [6.07, 6.45) is 4.16. The minimum absolute atomic E-state index is 0.101. The predicted octanol–water partition coefficient (Wildman–Crippen LogP) is 3.17. The van der Waals surface area contributed by atoms with E-state index in [1.165, 1.54) is 16.7 Å². The molecule has 1 N–H and O–H groups in total.